The molecular weight excluding hydrogens is 670 g/mol. The first-order chi connectivity index (χ1) is 25.1. The minimum Gasteiger partial charge on any atom is -0.493 e. The first-order valence-electron chi connectivity index (χ1n) is 19.2. The molecule has 9 heteroatoms. The van der Waals surface area contributed by atoms with Crippen molar-refractivity contribution in [3.63, 3.8) is 0 Å². The highest BCUT2D eigenvalue weighted by molar-refractivity contribution is 6.35. The van der Waals surface area contributed by atoms with E-state index in [1.807, 2.05) is 42.9 Å². The SMILES string of the molecule is Cc1nn(C)c(C)c1-c1c(Cl)ccc2c(CCCOc3cccc4ccccc34)c(C(=O)OC(C)(C)CCC3CC3)n(CCN3CCNC4CC43)c12. The topological polar surface area (TPSA) is 73.6 Å². The van der Waals surface area contributed by atoms with Crippen molar-refractivity contribution in [3.8, 4) is 16.9 Å². The molecule has 0 bridgehead atoms. The van der Waals surface area contributed by atoms with Gasteiger partial charge in [-0.2, -0.15) is 5.10 Å². The van der Waals surface area contributed by atoms with Gasteiger partial charge in [-0.15, -0.1) is 0 Å². The standard InChI is InChI=1S/C43H52ClN5O3/c1-27-38(28(2)47(5)46-27)39-34(44)18-17-33-32(13-9-25-51-37-14-8-11-30-10-6-7-12-31(30)37)41(42(50)52-43(3,4)20-19-29-15-16-29)49(40(33)39)24-23-48-22-21-45-35-26-36(35)48/h6-8,10-12,14,17-18,29,35-36,45H,9,13,15-16,19-26H2,1-5H3. The smallest absolute Gasteiger partial charge is 0.355 e. The number of aromatic nitrogens is 3. The van der Waals surface area contributed by atoms with Crippen LogP contribution in [0, 0.1) is 19.8 Å². The van der Waals surface area contributed by atoms with Crippen molar-refractivity contribution < 1.29 is 14.3 Å². The molecule has 2 unspecified atom stereocenters. The molecule has 8 nitrogen and oxygen atoms in total. The zero-order valence-corrected chi connectivity index (χ0v) is 32.1. The lowest BCUT2D eigenvalue weighted by molar-refractivity contribution is -0.00709. The number of rotatable bonds is 14. The Bertz CT molecular complexity index is 2120. The molecule has 8 rings (SSSR count). The van der Waals surface area contributed by atoms with Crippen molar-refractivity contribution in [2.45, 2.75) is 96.9 Å². The summed E-state index contributed by atoms with van der Waals surface area (Å²) >= 11 is 7.20. The molecule has 1 aliphatic heterocycles. The molecule has 2 saturated carbocycles. The summed E-state index contributed by atoms with van der Waals surface area (Å²) in [4.78, 5) is 17.4. The average Bonchev–Trinajstić information content (AvgIpc) is 4.05. The minimum absolute atomic E-state index is 0.256. The summed E-state index contributed by atoms with van der Waals surface area (Å²) in [5.41, 5.74) is 5.97. The second-order valence-corrected chi connectivity index (χ2v) is 16.3. The van der Waals surface area contributed by atoms with Crippen molar-refractivity contribution in [1.29, 1.82) is 0 Å². The number of benzene rings is 3. The van der Waals surface area contributed by atoms with E-state index in [0.29, 0.717) is 42.4 Å². The maximum absolute atomic E-state index is 14.8. The highest BCUT2D eigenvalue weighted by Crippen LogP contribution is 2.43. The van der Waals surface area contributed by atoms with Crippen LogP contribution in [-0.2, 0) is 24.8 Å². The lowest BCUT2D eigenvalue weighted by Gasteiger charge is -2.28. The van der Waals surface area contributed by atoms with Gasteiger partial charge in [-0.1, -0.05) is 66.9 Å². The van der Waals surface area contributed by atoms with Crippen LogP contribution < -0.4 is 10.1 Å². The summed E-state index contributed by atoms with van der Waals surface area (Å²) in [5.74, 6) is 1.39. The number of aryl methyl sites for hydroxylation is 3. The molecule has 1 saturated heterocycles. The Hall–Kier alpha value is -3.85. The van der Waals surface area contributed by atoms with Crippen molar-refractivity contribution in [2.24, 2.45) is 13.0 Å². The number of piperazine rings is 1. The zero-order chi connectivity index (χ0) is 36.1. The predicted octanol–water partition coefficient (Wildman–Crippen LogP) is 8.65. The lowest BCUT2D eigenvalue weighted by atomic mass is 9.98. The normalized spacial score (nSPS) is 19.0. The Balaban J connectivity index is 1.20. The van der Waals surface area contributed by atoms with E-state index < -0.39 is 5.60 Å². The zero-order valence-electron chi connectivity index (χ0n) is 31.3. The van der Waals surface area contributed by atoms with E-state index in [0.717, 1.165) is 100 Å². The fraction of sp³-hybridized carbons (Fsp3) is 0.488. The molecule has 3 heterocycles. The average molecular weight is 722 g/mol. The Labute approximate surface area is 312 Å². The summed E-state index contributed by atoms with van der Waals surface area (Å²) in [7, 11) is 1.98. The van der Waals surface area contributed by atoms with Crippen molar-refractivity contribution in [2.75, 3.05) is 26.2 Å². The summed E-state index contributed by atoms with van der Waals surface area (Å²) in [6, 6.07) is 19.7. The Morgan fingerprint density at radius 3 is 2.62 bits per heavy atom. The number of nitrogens with one attached hydrogen (secondary N) is 1. The maximum Gasteiger partial charge on any atom is 0.355 e. The fourth-order valence-electron chi connectivity index (χ4n) is 8.51. The monoisotopic (exact) mass is 721 g/mol. The summed E-state index contributed by atoms with van der Waals surface area (Å²) in [6.07, 6.45) is 7.09. The van der Waals surface area contributed by atoms with Gasteiger partial charge in [0, 0.05) is 72.9 Å². The maximum atomic E-state index is 14.8. The predicted molar refractivity (Wildman–Crippen MR) is 210 cm³/mol. The third-order valence-electron chi connectivity index (χ3n) is 11.7. The molecule has 52 heavy (non-hydrogen) atoms. The number of esters is 1. The van der Waals surface area contributed by atoms with E-state index in [1.54, 1.807) is 0 Å². The van der Waals surface area contributed by atoms with Crippen LogP contribution in [0.1, 0.15) is 79.8 Å². The molecule has 0 amide bonds. The summed E-state index contributed by atoms with van der Waals surface area (Å²) in [5, 5.41) is 12.4. The molecule has 3 aliphatic rings. The summed E-state index contributed by atoms with van der Waals surface area (Å²) in [6.45, 7) is 12.3. The van der Waals surface area contributed by atoms with Crippen LogP contribution in [0.5, 0.6) is 5.75 Å². The van der Waals surface area contributed by atoms with Gasteiger partial charge < -0.3 is 19.4 Å². The first kappa shape index (κ1) is 35.2. The third-order valence-corrected chi connectivity index (χ3v) is 12.0. The number of carbonyl (C=O) groups is 1. The van der Waals surface area contributed by atoms with E-state index >= 15 is 0 Å². The Morgan fingerprint density at radius 2 is 1.83 bits per heavy atom. The number of carbonyl (C=O) groups excluding carboxylic acids is 1. The van der Waals surface area contributed by atoms with Gasteiger partial charge in [0.25, 0.3) is 0 Å². The molecule has 2 atom stereocenters. The molecular formula is C43H52ClN5O3. The minimum atomic E-state index is -0.577. The van der Waals surface area contributed by atoms with Gasteiger partial charge in [0.2, 0.25) is 0 Å². The second kappa shape index (κ2) is 14.2. The van der Waals surface area contributed by atoms with Crippen molar-refractivity contribution >= 4 is 39.2 Å². The molecule has 3 fully saturated rings. The van der Waals surface area contributed by atoms with E-state index in [9.17, 15) is 4.79 Å². The van der Waals surface area contributed by atoms with Gasteiger partial charge in [-0.05, 0) is 88.8 Å². The first-order valence-corrected chi connectivity index (χ1v) is 19.6. The molecule has 0 spiro atoms. The van der Waals surface area contributed by atoms with Crippen LogP contribution in [0.4, 0.5) is 0 Å². The van der Waals surface area contributed by atoms with Crippen LogP contribution in [0.3, 0.4) is 0 Å². The summed E-state index contributed by atoms with van der Waals surface area (Å²) < 4.78 is 17.1. The number of halogens is 1. The van der Waals surface area contributed by atoms with Gasteiger partial charge in [0.05, 0.1) is 22.8 Å². The van der Waals surface area contributed by atoms with Crippen LogP contribution in [-0.4, -0.2) is 69.1 Å². The van der Waals surface area contributed by atoms with Crippen LogP contribution >= 0.6 is 11.6 Å². The number of nitrogens with zero attached hydrogens (tertiary/aromatic N) is 4. The number of ether oxygens (including phenoxy) is 2. The highest BCUT2D eigenvalue weighted by atomic mass is 35.5. The lowest BCUT2D eigenvalue weighted by Crippen LogP contribution is -2.44. The number of fused-ring (bicyclic) bond motifs is 3. The second-order valence-electron chi connectivity index (χ2n) is 15.9. The quantitative estimate of drug-likeness (QED) is 0.0915. The van der Waals surface area contributed by atoms with Gasteiger partial charge >= 0.3 is 5.97 Å². The molecule has 0 radical (unpaired) electrons. The van der Waals surface area contributed by atoms with Crippen LogP contribution in [0.2, 0.25) is 5.02 Å². The van der Waals surface area contributed by atoms with Gasteiger partial charge in [-0.25, -0.2) is 4.79 Å². The van der Waals surface area contributed by atoms with Crippen molar-refractivity contribution in [1.82, 2.24) is 24.6 Å². The van der Waals surface area contributed by atoms with Crippen LogP contribution in [0.25, 0.3) is 32.8 Å². The van der Waals surface area contributed by atoms with E-state index in [4.69, 9.17) is 26.2 Å². The molecule has 274 valence electrons. The van der Waals surface area contributed by atoms with Crippen molar-refractivity contribution in [3.05, 3.63) is 82.3 Å². The molecule has 3 aromatic carbocycles. The van der Waals surface area contributed by atoms with Crippen LogP contribution in [0.15, 0.2) is 54.6 Å². The van der Waals surface area contributed by atoms with Gasteiger partial charge in [0.15, 0.2) is 0 Å². The molecule has 5 aromatic rings. The fourth-order valence-corrected chi connectivity index (χ4v) is 8.75. The van der Waals surface area contributed by atoms with E-state index in [-0.39, 0.29) is 5.97 Å². The largest absolute Gasteiger partial charge is 0.493 e. The molecule has 2 aromatic heterocycles. The van der Waals surface area contributed by atoms with E-state index in [1.165, 1.54) is 19.3 Å². The van der Waals surface area contributed by atoms with E-state index in [2.05, 4.69) is 65.9 Å². The number of hydrogen-bond acceptors (Lipinski definition) is 6. The Morgan fingerprint density at radius 1 is 1.02 bits per heavy atom. The number of hydrogen-bond donors (Lipinski definition) is 1. The highest BCUT2D eigenvalue weighted by Gasteiger charge is 2.44. The van der Waals surface area contributed by atoms with Gasteiger partial charge in [-0.3, -0.25) is 9.58 Å². The Kier molecular flexibility index (Phi) is 9.60. The molecule has 1 N–H and O–H groups in total. The third kappa shape index (κ3) is 6.97. The molecule has 2 aliphatic carbocycles. The van der Waals surface area contributed by atoms with Gasteiger partial charge in [0.1, 0.15) is 17.0 Å².